The zero-order valence-electron chi connectivity index (χ0n) is 17.1. The Hall–Kier alpha value is -0.750. The van der Waals surface area contributed by atoms with E-state index in [1.807, 2.05) is 0 Å². The van der Waals surface area contributed by atoms with Gasteiger partial charge in [-0.15, -0.1) is 0 Å². The van der Waals surface area contributed by atoms with Crippen LogP contribution in [0.25, 0.3) is 0 Å². The molecule has 0 aliphatic carbocycles. The van der Waals surface area contributed by atoms with Crippen molar-refractivity contribution in [3.63, 3.8) is 0 Å². The SMILES string of the molecule is COC(=O)C(CCS)NC(=O)CCCCCCCCCCCCN(C)C. The summed E-state index contributed by atoms with van der Waals surface area (Å²) in [5, 5.41) is 2.75. The molecular formula is C20H40N2O3S. The lowest BCUT2D eigenvalue weighted by Gasteiger charge is -2.15. The number of hydrogen-bond acceptors (Lipinski definition) is 5. The number of ether oxygens (including phenoxy) is 1. The Kier molecular flexibility index (Phi) is 17.1. The van der Waals surface area contributed by atoms with E-state index >= 15 is 0 Å². The van der Waals surface area contributed by atoms with Crippen molar-refractivity contribution in [2.24, 2.45) is 0 Å². The lowest BCUT2D eigenvalue weighted by molar-refractivity contribution is -0.145. The number of carbonyl (C=O) groups is 2. The predicted octanol–water partition coefficient (Wildman–Crippen LogP) is 3.82. The first-order chi connectivity index (χ1) is 12.5. The molecule has 0 aliphatic heterocycles. The minimum atomic E-state index is -0.567. The van der Waals surface area contributed by atoms with E-state index in [0.29, 0.717) is 18.6 Å². The molecule has 0 saturated heterocycles. The number of unbranched alkanes of at least 4 members (excludes halogenated alkanes) is 9. The first-order valence-corrected chi connectivity index (χ1v) is 10.8. The van der Waals surface area contributed by atoms with Gasteiger partial charge in [-0.25, -0.2) is 4.79 Å². The Bertz CT molecular complexity index is 365. The molecule has 0 heterocycles. The van der Waals surface area contributed by atoms with Gasteiger partial charge in [-0.3, -0.25) is 4.79 Å². The molecule has 0 bridgehead atoms. The van der Waals surface area contributed by atoms with E-state index in [2.05, 4.69) is 36.9 Å². The fraction of sp³-hybridized carbons (Fsp3) is 0.900. The lowest BCUT2D eigenvalue weighted by atomic mass is 10.1. The van der Waals surface area contributed by atoms with E-state index in [1.165, 1.54) is 65.0 Å². The van der Waals surface area contributed by atoms with Crippen LogP contribution in [-0.4, -0.2) is 56.3 Å². The second-order valence-electron chi connectivity index (χ2n) is 7.24. The van der Waals surface area contributed by atoms with Gasteiger partial charge >= 0.3 is 5.97 Å². The first-order valence-electron chi connectivity index (χ1n) is 10.1. The molecule has 1 amide bonds. The highest BCUT2D eigenvalue weighted by Gasteiger charge is 2.20. The zero-order chi connectivity index (χ0) is 19.6. The van der Waals surface area contributed by atoms with Crippen molar-refractivity contribution in [2.75, 3.05) is 33.5 Å². The topological polar surface area (TPSA) is 58.6 Å². The molecule has 0 fully saturated rings. The summed E-state index contributed by atoms with van der Waals surface area (Å²) in [7, 11) is 5.59. The number of carbonyl (C=O) groups excluding carboxylic acids is 2. The maximum atomic E-state index is 11.9. The maximum absolute atomic E-state index is 11.9. The third-order valence-corrected chi connectivity index (χ3v) is 4.76. The van der Waals surface area contributed by atoms with Crippen LogP contribution in [0.3, 0.4) is 0 Å². The highest BCUT2D eigenvalue weighted by Crippen LogP contribution is 2.11. The molecule has 0 aliphatic rings. The second kappa shape index (κ2) is 17.7. The summed E-state index contributed by atoms with van der Waals surface area (Å²) in [6.07, 6.45) is 13.3. The summed E-state index contributed by atoms with van der Waals surface area (Å²) >= 11 is 4.11. The van der Waals surface area contributed by atoms with Crippen molar-refractivity contribution in [3.05, 3.63) is 0 Å². The third kappa shape index (κ3) is 15.5. The Morgan fingerprint density at radius 3 is 1.88 bits per heavy atom. The normalized spacial score (nSPS) is 12.2. The van der Waals surface area contributed by atoms with Gasteiger partial charge in [-0.2, -0.15) is 12.6 Å². The van der Waals surface area contributed by atoms with E-state index in [0.717, 1.165) is 12.8 Å². The van der Waals surface area contributed by atoms with Crippen LogP contribution < -0.4 is 5.32 Å². The van der Waals surface area contributed by atoms with Crippen molar-refractivity contribution in [2.45, 2.75) is 83.1 Å². The van der Waals surface area contributed by atoms with E-state index < -0.39 is 12.0 Å². The fourth-order valence-corrected chi connectivity index (χ4v) is 3.17. The van der Waals surface area contributed by atoms with Crippen molar-refractivity contribution >= 4 is 24.5 Å². The van der Waals surface area contributed by atoms with Gasteiger partial charge in [0, 0.05) is 6.42 Å². The van der Waals surface area contributed by atoms with Gasteiger partial charge < -0.3 is 15.0 Å². The molecule has 1 atom stereocenters. The molecule has 0 aromatic heterocycles. The number of nitrogens with zero attached hydrogens (tertiary/aromatic N) is 1. The van der Waals surface area contributed by atoms with Gasteiger partial charge in [-0.1, -0.05) is 51.4 Å². The number of esters is 1. The second-order valence-corrected chi connectivity index (χ2v) is 7.69. The van der Waals surface area contributed by atoms with Gasteiger partial charge in [0.15, 0.2) is 0 Å². The van der Waals surface area contributed by atoms with Crippen LogP contribution >= 0.6 is 12.6 Å². The molecule has 0 saturated carbocycles. The standard InChI is InChI=1S/C20H40N2O3S/c1-22(2)16-13-11-9-7-5-4-6-8-10-12-14-19(23)21-18(15-17-26)20(24)25-3/h18,26H,4-17H2,1-3H3,(H,21,23). The Morgan fingerprint density at radius 2 is 1.42 bits per heavy atom. The van der Waals surface area contributed by atoms with Crippen LogP contribution in [0.5, 0.6) is 0 Å². The fourth-order valence-electron chi connectivity index (χ4n) is 2.91. The molecule has 154 valence electrons. The first kappa shape index (κ1) is 25.2. The lowest BCUT2D eigenvalue weighted by Crippen LogP contribution is -2.41. The van der Waals surface area contributed by atoms with E-state index in [-0.39, 0.29) is 5.91 Å². The molecule has 0 aromatic carbocycles. The van der Waals surface area contributed by atoms with Crippen molar-refractivity contribution in [1.29, 1.82) is 0 Å². The molecular weight excluding hydrogens is 348 g/mol. The molecule has 6 heteroatoms. The Morgan fingerprint density at radius 1 is 0.923 bits per heavy atom. The van der Waals surface area contributed by atoms with Gasteiger partial charge in [0.25, 0.3) is 0 Å². The summed E-state index contributed by atoms with van der Waals surface area (Å²) in [5.41, 5.74) is 0. The Balaban J connectivity index is 3.48. The smallest absolute Gasteiger partial charge is 0.328 e. The van der Waals surface area contributed by atoms with Gasteiger partial charge in [-0.05, 0) is 45.7 Å². The van der Waals surface area contributed by atoms with Crippen LogP contribution in [0.2, 0.25) is 0 Å². The van der Waals surface area contributed by atoms with E-state index in [4.69, 9.17) is 4.74 Å². The Labute approximate surface area is 166 Å². The zero-order valence-corrected chi connectivity index (χ0v) is 18.0. The minimum Gasteiger partial charge on any atom is -0.467 e. The van der Waals surface area contributed by atoms with Crippen LogP contribution in [0.4, 0.5) is 0 Å². The molecule has 0 aromatic rings. The maximum Gasteiger partial charge on any atom is 0.328 e. The third-order valence-electron chi connectivity index (χ3n) is 4.50. The highest BCUT2D eigenvalue weighted by atomic mass is 32.1. The van der Waals surface area contributed by atoms with Crippen molar-refractivity contribution in [1.82, 2.24) is 10.2 Å². The number of methoxy groups -OCH3 is 1. The number of amides is 1. The van der Waals surface area contributed by atoms with Gasteiger partial charge in [0.05, 0.1) is 7.11 Å². The average Bonchev–Trinajstić information content (AvgIpc) is 2.61. The summed E-state index contributed by atoms with van der Waals surface area (Å²) in [4.78, 5) is 25.7. The van der Waals surface area contributed by atoms with Crippen molar-refractivity contribution < 1.29 is 14.3 Å². The summed E-state index contributed by atoms with van der Waals surface area (Å²) in [5.74, 6) is 0.0735. The number of nitrogens with one attached hydrogen (secondary N) is 1. The molecule has 0 radical (unpaired) electrons. The summed E-state index contributed by atoms with van der Waals surface area (Å²) < 4.78 is 4.70. The van der Waals surface area contributed by atoms with Crippen molar-refractivity contribution in [3.8, 4) is 0 Å². The largest absolute Gasteiger partial charge is 0.467 e. The molecule has 0 rings (SSSR count). The summed E-state index contributed by atoms with van der Waals surface area (Å²) in [6, 6.07) is -0.567. The van der Waals surface area contributed by atoms with E-state index in [9.17, 15) is 9.59 Å². The van der Waals surface area contributed by atoms with Gasteiger partial charge in [0.2, 0.25) is 5.91 Å². The monoisotopic (exact) mass is 388 g/mol. The summed E-state index contributed by atoms with van der Waals surface area (Å²) in [6.45, 7) is 1.20. The minimum absolute atomic E-state index is 0.0695. The number of hydrogen-bond donors (Lipinski definition) is 2. The van der Waals surface area contributed by atoms with Crippen LogP contribution in [0, 0.1) is 0 Å². The number of thiol groups is 1. The van der Waals surface area contributed by atoms with E-state index in [1.54, 1.807) is 0 Å². The molecule has 5 nitrogen and oxygen atoms in total. The average molecular weight is 389 g/mol. The highest BCUT2D eigenvalue weighted by molar-refractivity contribution is 7.80. The predicted molar refractivity (Wildman–Crippen MR) is 112 cm³/mol. The molecule has 0 spiro atoms. The molecule has 1 unspecified atom stereocenters. The van der Waals surface area contributed by atoms with Crippen LogP contribution in [0.15, 0.2) is 0 Å². The van der Waals surface area contributed by atoms with Gasteiger partial charge in [0.1, 0.15) is 6.04 Å². The molecule has 26 heavy (non-hydrogen) atoms. The number of rotatable bonds is 17. The van der Waals surface area contributed by atoms with Crippen LogP contribution in [0.1, 0.15) is 77.0 Å². The molecule has 1 N–H and O–H groups in total. The van der Waals surface area contributed by atoms with Crippen LogP contribution in [-0.2, 0) is 14.3 Å². The quantitative estimate of drug-likeness (QED) is 0.226.